The Kier molecular flexibility index (Phi) is 5.20. The number of ether oxygens (including phenoxy) is 1. The van der Waals surface area contributed by atoms with Crippen LogP contribution in [0.25, 0.3) is 0 Å². The number of amides is 1. The van der Waals surface area contributed by atoms with E-state index in [1.54, 1.807) is 0 Å². The number of anilines is 1. The first kappa shape index (κ1) is 17.6. The van der Waals surface area contributed by atoms with Gasteiger partial charge in [-0.05, 0) is 56.3 Å². The summed E-state index contributed by atoms with van der Waals surface area (Å²) in [5.41, 5.74) is 4.21. The Balaban J connectivity index is 1.63. The van der Waals surface area contributed by atoms with Gasteiger partial charge in [-0.3, -0.25) is 10.1 Å². The number of thiophene rings is 1. The van der Waals surface area contributed by atoms with Crippen LogP contribution < -0.4 is 10.1 Å². The molecule has 0 bridgehead atoms. The van der Waals surface area contributed by atoms with Crippen LogP contribution in [0.1, 0.15) is 36.9 Å². The van der Waals surface area contributed by atoms with Crippen molar-refractivity contribution in [2.24, 2.45) is 0 Å². The van der Waals surface area contributed by atoms with Crippen LogP contribution in [0.2, 0.25) is 0 Å². The fourth-order valence-corrected chi connectivity index (χ4v) is 3.88. The van der Waals surface area contributed by atoms with Crippen molar-refractivity contribution in [3.8, 4) is 5.75 Å². The number of nitrogens with zero attached hydrogens (tertiary/aromatic N) is 1. The lowest BCUT2D eigenvalue weighted by Crippen LogP contribution is -2.09. The largest absolute Gasteiger partial charge is 0.489 e. The zero-order chi connectivity index (χ0) is 18.0. The van der Waals surface area contributed by atoms with Gasteiger partial charge in [0.05, 0.1) is 10.6 Å². The summed E-state index contributed by atoms with van der Waals surface area (Å²) in [6, 6.07) is 8.02. The van der Waals surface area contributed by atoms with Crippen molar-refractivity contribution in [3.05, 3.63) is 61.8 Å². The second-order valence-corrected chi connectivity index (χ2v) is 8.11. The molecule has 2 aromatic heterocycles. The highest BCUT2D eigenvalue weighted by atomic mass is 32.1. The number of carbonyl (C=O) groups excluding carboxylic acids is 1. The molecule has 0 aliphatic rings. The van der Waals surface area contributed by atoms with Gasteiger partial charge in [-0.1, -0.05) is 12.1 Å². The Labute approximate surface area is 155 Å². The number of carbonyl (C=O) groups is 1. The molecule has 0 atom stereocenters. The van der Waals surface area contributed by atoms with E-state index in [1.807, 2.05) is 45.2 Å². The van der Waals surface area contributed by atoms with Crippen molar-refractivity contribution in [1.82, 2.24) is 4.98 Å². The van der Waals surface area contributed by atoms with Crippen molar-refractivity contribution < 1.29 is 9.53 Å². The molecule has 3 rings (SSSR count). The molecule has 0 saturated carbocycles. The van der Waals surface area contributed by atoms with Crippen LogP contribution in [0.5, 0.6) is 5.75 Å². The molecule has 0 unspecified atom stereocenters. The van der Waals surface area contributed by atoms with Crippen molar-refractivity contribution in [2.75, 3.05) is 5.32 Å². The van der Waals surface area contributed by atoms with Crippen molar-refractivity contribution in [3.63, 3.8) is 0 Å². The summed E-state index contributed by atoms with van der Waals surface area (Å²) in [5.74, 6) is 0.752. The molecule has 0 aliphatic carbocycles. The number of nitrogens with one attached hydrogen (secondary N) is 1. The maximum Gasteiger partial charge on any atom is 0.267 e. The standard InChI is InChI=1S/C19H20N2O2S2/c1-11-5-6-12(2)16(7-11)23-9-15-8-17(24-10-15)18(22)21-19-20-13(3)14(4)25-19/h5-8,10H,9H2,1-4H3,(H,20,21,22). The van der Waals surface area contributed by atoms with Gasteiger partial charge in [0.25, 0.3) is 5.91 Å². The number of hydrogen-bond acceptors (Lipinski definition) is 5. The van der Waals surface area contributed by atoms with Crippen LogP contribution in [0, 0.1) is 27.7 Å². The molecule has 25 heavy (non-hydrogen) atoms. The van der Waals surface area contributed by atoms with Gasteiger partial charge < -0.3 is 4.74 Å². The lowest BCUT2D eigenvalue weighted by atomic mass is 10.1. The average molecular weight is 373 g/mol. The van der Waals surface area contributed by atoms with E-state index in [1.165, 1.54) is 28.2 Å². The Hall–Kier alpha value is -2.18. The second-order valence-electron chi connectivity index (χ2n) is 5.99. The molecular formula is C19H20N2O2S2. The van der Waals surface area contributed by atoms with Crippen LogP contribution in [-0.4, -0.2) is 10.9 Å². The van der Waals surface area contributed by atoms with E-state index in [-0.39, 0.29) is 5.91 Å². The van der Waals surface area contributed by atoms with Gasteiger partial charge >= 0.3 is 0 Å². The van der Waals surface area contributed by atoms with Crippen LogP contribution in [-0.2, 0) is 6.61 Å². The van der Waals surface area contributed by atoms with Gasteiger partial charge in [-0.25, -0.2) is 4.98 Å². The van der Waals surface area contributed by atoms with Gasteiger partial charge in [0, 0.05) is 10.4 Å². The zero-order valence-corrected chi connectivity index (χ0v) is 16.3. The first-order valence-electron chi connectivity index (χ1n) is 7.95. The number of hydrogen-bond donors (Lipinski definition) is 1. The SMILES string of the molecule is Cc1ccc(C)c(OCc2csc(C(=O)Nc3nc(C)c(C)s3)c2)c1. The average Bonchev–Trinajstić information content (AvgIpc) is 3.15. The number of aryl methyl sites for hydroxylation is 4. The topological polar surface area (TPSA) is 51.2 Å². The molecule has 130 valence electrons. The van der Waals surface area contributed by atoms with E-state index in [0.717, 1.165) is 27.4 Å². The molecule has 2 heterocycles. The molecule has 6 heteroatoms. The predicted molar refractivity (Wildman–Crippen MR) is 104 cm³/mol. The minimum absolute atomic E-state index is 0.128. The van der Waals surface area contributed by atoms with E-state index in [0.29, 0.717) is 16.6 Å². The summed E-state index contributed by atoms with van der Waals surface area (Å²) in [6.07, 6.45) is 0. The molecule has 3 aromatic rings. The van der Waals surface area contributed by atoms with E-state index >= 15 is 0 Å². The summed E-state index contributed by atoms with van der Waals surface area (Å²) >= 11 is 2.91. The Bertz CT molecular complexity index is 893. The van der Waals surface area contributed by atoms with Crippen LogP contribution >= 0.6 is 22.7 Å². The third-order valence-electron chi connectivity index (χ3n) is 3.86. The first-order chi connectivity index (χ1) is 11.9. The van der Waals surface area contributed by atoms with Gasteiger partial charge in [0.15, 0.2) is 5.13 Å². The molecule has 1 amide bonds. The van der Waals surface area contributed by atoms with Crippen LogP contribution in [0.4, 0.5) is 5.13 Å². The van der Waals surface area contributed by atoms with E-state index < -0.39 is 0 Å². The quantitative estimate of drug-likeness (QED) is 0.664. The summed E-state index contributed by atoms with van der Waals surface area (Å²) in [6.45, 7) is 8.45. The predicted octanol–water partition coefficient (Wildman–Crippen LogP) is 5.27. The van der Waals surface area contributed by atoms with Crippen molar-refractivity contribution in [1.29, 1.82) is 0 Å². The summed E-state index contributed by atoms with van der Waals surface area (Å²) in [7, 11) is 0. The zero-order valence-electron chi connectivity index (χ0n) is 14.7. The van der Waals surface area contributed by atoms with Crippen LogP contribution in [0.3, 0.4) is 0 Å². The van der Waals surface area contributed by atoms with Gasteiger partial charge in [0.1, 0.15) is 12.4 Å². The highest BCUT2D eigenvalue weighted by Gasteiger charge is 2.13. The van der Waals surface area contributed by atoms with E-state index in [4.69, 9.17) is 4.74 Å². The third-order valence-corrected chi connectivity index (χ3v) is 5.83. The fourth-order valence-electron chi connectivity index (χ4n) is 2.28. The number of rotatable bonds is 5. The molecule has 0 saturated heterocycles. The lowest BCUT2D eigenvalue weighted by Gasteiger charge is -2.08. The molecule has 1 aromatic carbocycles. The Morgan fingerprint density at radius 3 is 2.72 bits per heavy atom. The maximum absolute atomic E-state index is 12.3. The molecule has 0 spiro atoms. The highest BCUT2D eigenvalue weighted by Crippen LogP contribution is 2.24. The van der Waals surface area contributed by atoms with E-state index in [2.05, 4.69) is 22.4 Å². The molecular weight excluding hydrogens is 352 g/mol. The van der Waals surface area contributed by atoms with Gasteiger partial charge in [-0.15, -0.1) is 22.7 Å². The number of benzene rings is 1. The van der Waals surface area contributed by atoms with Gasteiger partial charge in [0.2, 0.25) is 0 Å². The van der Waals surface area contributed by atoms with Gasteiger partial charge in [-0.2, -0.15) is 0 Å². The summed E-state index contributed by atoms with van der Waals surface area (Å²) in [4.78, 5) is 18.5. The van der Waals surface area contributed by atoms with E-state index in [9.17, 15) is 4.79 Å². The summed E-state index contributed by atoms with van der Waals surface area (Å²) in [5, 5.41) is 5.46. The number of thiazole rings is 1. The maximum atomic E-state index is 12.3. The molecule has 0 fully saturated rings. The minimum atomic E-state index is -0.128. The molecule has 1 N–H and O–H groups in total. The number of aromatic nitrogens is 1. The van der Waals surface area contributed by atoms with Crippen molar-refractivity contribution in [2.45, 2.75) is 34.3 Å². The lowest BCUT2D eigenvalue weighted by molar-refractivity contribution is 0.103. The first-order valence-corrected chi connectivity index (χ1v) is 9.65. The summed E-state index contributed by atoms with van der Waals surface area (Å²) < 4.78 is 5.90. The monoisotopic (exact) mass is 372 g/mol. The molecule has 0 radical (unpaired) electrons. The minimum Gasteiger partial charge on any atom is -0.489 e. The Morgan fingerprint density at radius 2 is 2.00 bits per heavy atom. The Morgan fingerprint density at radius 1 is 1.20 bits per heavy atom. The smallest absolute Gasteiger partial charge is 0.267 e. The van der Waals surface area contributed by atoms with Crippen LogP contribution in [0.15, 0.2) is 29.6 Å². The molecule has 4 nitrogen and oxygen atoms in total. The highest BCUT2D eigenvalue weighted by molar-refractivity contribution is 7.16. The normalized spacial score (nSPS) is 10.7. The third kappa shape index (κ3) is 4.27. The fraction of sp³-hybridized carbons (Fsp3) is 0.263. The van der Waals surface area contributed by atoms with Crippen molar-refractivity contribution >= 4 is 33.7 Å². The second kappa shape index (κ2) is 7.37. The molecule has 0 aliphatic heterocycles.